The Balaban J connectivity index is 1.80. The molecular weight excluding hydrogens is 392 g/mol. The van der Waals surface area contributed by atoms with Crippen LogP contribution in [0.3, 0.4) is 0 Å². The lowest BCUT2D eigenvalue weighted by Gasteiger charge is -2.24. The molecule has 0 unspecified atom stereocenters. The van der Waals surface area contributed by atoms with Gasteiger partial charge in [-0.3, -0.25) is 4.79 Å². The van der Waals surface area contributed by atoms with Crippen molar-refractivity contribution in [3.8, 4) is 0 Å². The Kier molecular flexibility index (Phi) is 5.98. The number of carbonyl (C=O) groups excluding carboxylic acids is 1. The molecule has 1 atom stereocenters. The maximum atomic E-state index is 12.9. The summed E-state index contributed by atoms with van der Waals surface area (Å²) in [6.07, 6.45) is 0. The lowest BCUT2D eigenvalue weighted by Crippen LogP contribution is -2.29. The fourth-order valence-corrected chi connectivity index (χ4v) is 5.60. The predicted molar refractivity (Wildman–Crippen MR) is 113 cm³/mol. The van der Waals surface area contributed by atoms with Crippen LogP contribution in [0.25, 0.3) is 0 Å². The zero-order chi connectivity index (χ0) is 20.3. The molecule has 0 fully saturated rings. The van der Waals surface area contributed by atoms with E-state index in [1.165, 1.54) is 15.6 Å². The molecule has 0 aliphatic heterocycles. The van der Waals surface area contributed by atoms with Crippen molar-refractivity contribution in [1.29, 1.82) is 0 Å². The van der Waals surface area contributed by atoms with Crippen LogP contribution in [0.15, 0.2) is 70.9 Å². The van der Waals surface area contributed by atoms with Gasteiger partial charge in [-0.2, -0.15) is 4.31 Å². The molecule has 0 spiro atoms. The van der Waals surface area contributed by atoms with Gasteiger partial charge >= 0.3 is 0 Å². The van der Waals surface area contributed by atoms with Crippen LogP contribution >= 0.6 is 11.3 Å². The number of amides is 1. The summed E-state index contributed by atoms with van der Waals surface area (Å²) < 4.78 is 27.4. The summed E-state index contributed by atoms with van der Waals surface area (Å²) >= 11 is 1.26. The zero-order valence-corrected chi connectivity index (χ0v) is 17.5. The minimum absolute atomic E-state index is 0.208. The van der Waals surface area contributed by atoms with E-state index in [1.54, 1.807) is 55.6 Å². The maximum absolute atomic E-state index is 12.9. The summed E-state index contributed by atoms with van der Waals surface area (Å²) in [5, 5.41) is 2.86. The molecule has 0 bridgehead atoms. The molecule has 0 saturated carbocycles. The third-order valence-corrected chi connectivity index (χ3v) is 7.95. The number of aryl methyl sites for hydroxylation is 1. The Morgan fingerprint density at radius 1 is 1.04 bits per heavy atom. The third-order valence-electron chi connectivity index (χ3n) is 4.56. The van der Waals surface area contributed by atoms with Crippen LogP contribution in [0.5, 0.6) is 0 Å². The summed E-state index contributed by atoms with van der Waals surface area (Å²) in [5.41, 5.74) is 1.98. The summed E-state index contributed by atoms with van der Waals surface area (Å²) in [6.45, 7) is 3.71. The largest absolute Gasteiger partial charge is 0.322 e. The average Bonchev–Trinajstić information content (AvgIpc) is 3.15. The second-order valence-corrected chi connectivity index (χ2v) is 10.0. The smallest absolute Gasteiger partial charge is 0.255 e. The topological polar surface area (TPSA) is 66.5 Å². The van der Waals surface area contributed by atoms with E-state index in [1.807, 2.05) is 32.0 Å². The highest BCUT2D eigenvalue weighted by molar-refractivity contribution is 7.91. The van der Waals surface area contributed by atoms with Gasteiger partial charge in [0, 0.05) is 29.2 Å². The minimum Gasteiger partial charge on any atom is -0.322 e. The fraction of sp³-hybridized carbons (Fsp3) is 0.190. The van der Waals surface area contributed by atoms with Gasteiger partial charge in [-0.25, -0.2) is 8.42 Å². The summed E-state index contributed by atoms with van der Waals surface area (Å²) in [7, 11) is -2.01. The molecule has 1 N–H and O–H groups in total. The van der Waals surface area contributed by atoms with E-state index in [0.717, 1.165) is 10.4 Å². The lowest BCUT2D eigenvalue weighted by molar-refractivity contribution is 0.102. The van der Waals surface area contributed by atoms with E-state index < -0.39 is 10.0 Å². The van der Waals surface area contributed by atoms with Crippen molar-refractivity contribution in [1.82, 2.24) is 4.31 Å². The molecule has 2 aromatic carbocycles. The SMILES string of the molecule is Cc1ccc(S(=O)(=O)N(C)[C@@H](C)c2cccc(NC(=O)c3ccccc3)c2)s1. The number of anilines is 1. The van der Waals surface area contributed by atoms with Gasteiger partial charge in [0.1, 0.15) is 4.21 Å². The Morgan fingerprint density at radius 2 is 1.75 bits per heavy atom. The second kappa shape index (κ2) is 8.26. The second-order valence-electron chi connectivity index (χ2n) is 6.51. The van der Waals surface area contributed by atoms with Crippen molar-refractivity contribution >= 4 is 33.0 Å². The van der Waals surface area contributed by atoms with Crippen LogP contribution in [-0.2, 0) is 10.0 Å². The van der Waals surface area contributed by atoms with E-state index in [9.17, 15) is 13.2 Å². The first-order chi connectivity index (χ1) is 13.3. The van der Waals surface area contributed by atoms with Crippen LogP contribution in [0.2, 0.25) is 0 Å². The first-order valence-corrected chi connectivity index (χ1v) is 11.1. The normalized spacial score (nSPS) is 12.7. The molecule has 3 aromatic rings. The molecule has 28 heavy (non-hydrogen) atoms. The van der Waals surface area contributed by atoms with Gasteiger partial charge in [0.05, 0.1) is 0 Å². The number of rotatable bonds is 6. The van der Waals surface area contributed by atoms with E-state index in [4.69, 9.17) is 0 Å². The van der Waals surface area contributed by atoms with Gasteiger partial charge in [0.2, 0.25) is 0 Å². The number of sulfonamides is 1. The summed E-state index contributed by atoms with van der Waals surface area (Å²) in [4.78, 5) is 13.3. The Bertz CT molecular complexity index is 1080. The van der Waals surface area contributed by atoms with Gasteiger partial charge in [0.25, 0.3) is 15.9 Å². The van der Waals surface area contributed by atoms with E-state index in [-0.39, 0.29) is 11.9 Å². The number of nitrogens with one attached hydrogen (secondary N) is 1. The lowest BCUT2D eigenvalue weighted by atomic mass is 10.1. The Morgan fingerprint density at radius 3 is 2.39 bits per heavy atom. The van der Waals surface area contributed by atoms with Crippen LogP contribution in [0.1, 0.15) is 33.8 Å². The van der Waals surface area contributed by atoms with E-state index >= 15 is 0 Å². The standard InChI is InChI=1S/C21H22N2O3S2/c1-15-12-13-20(27-15)28(25,26)23(3)16(2)18-10-7-11-19(14-18)22-21(24)17-8-5-4-6-9-17/h4-14,16H,1-3H3,(H,22,24)/t16-/m0/s1. The molecule has 7 heteroatoms. The van der Waals surface area contributed by atoms with Gasteiger partial charge in [-0.05, 0) is 55.8 Å². The van der Waals surface area contributed by atoms with Crippen LogP contribution < -0.4 is 5.32 Å². The molecule has 3 rings (SSSR count). The highest BCUT2D eigenvalue weighted by atomic mass is 32.2. The van der Waals surface area contributed by atoms with Crippen molar-refractivity contribution in [3.63, 3.8) is 0 Å². The zero-order valence-electron chi connectivity index (χ0n) is 15.9. The minimum atomic E-state index is -3.58. The van der Waals surface area contributed by atoms with Crippen molar-refractivity contribution in [2.75, 3.05) is 12.4 Å². The molecule has 1 amide bonds. The number of hydrogen-bond donors (Lipinski definition) is 1. The van der Waals surface area contributed by atoms with Gasteiger partial charge in [-0.15, -0.1) is 11.3 Å². The number of carbonyl (C=O) groups is 1. The molecule has 1 heterocycles. The van der Waals surface area contributed by atoms with Crippen molar-refractivity contribution in [2.24, 2.45) is 0 Å². The number of benzene rings is 2. The average molecular weight is 415 g/mol. The molecular formula is C21H22N2O3S2. The number of nitrogens with zero attached hydrogens (tertiary/aromatic N) is 1. The Hall–Kier alpha value is -2.48. The van der Waals surface area contributed by atoms with Crippen molar-refractivity contribution in [3.05, 3.63) is 82.7 Å². The molecule has 0 saturated heterocycles. The highest BCUT2D eigenvalue weighted by Gasteiger charge is 2.27. The third kappa shape index (κ3) is 4.32. The first-order valence-electron chi connectivity index (χ1n) is 8.80. The van der Waals surface area contributed by atoms with E-state index in [0.29, 0.717) is 15.5 Å². The van der Waals surface area contributed by atoms with Gasteiger partial charge in [-0.1, -0.05) is 30.3 Å². The molecule has 5 nitrogen and oxygen atoms in total. The molecule has 0 aliphatic rings. The summed E-state index contributed by atoms with van der Waals surface area (Å²) in [6, 6.07) is 19.2. The number of thiophene rings is 1. The van der Waals surface area contributed by atoms with Crippen LogP contribution in [0, 0.1) is 6.92 Å². The molecule has 0 aliphatic carbocycles. The van der Waals surface area contributed by atoms with Crippen LogP contribution in [-0.4, -0.2) is 25.7 Å². The molecule has 1 aromatic heterocycles. The van der Waals surface area contributed by atoms with Crippen molar-refractivity contribution in [2.45, 2.75) is 24.1 Å². The fourth-order valence-electron chi connectivity index (χ4n) is 2.78. The molecule has 146 valence electrons. The first kappa shape index (κ1) is 20.3. The van der Waals surface area contributed by atoms with Gasteiger partial charge < -0.3 is 5.32 Å². The van der Waals surface area contributed by atoms with Gasteiger partial charge in [0.15, 0.2) is 0 Å². The Labute approximate surface area is 169 Å². The maximum Gasteiger partial charge on any atom is 0.255 e. The monoisotopic (exact) mass is 414 g/mol. The predicted octanol–water partition coefficient (Wildman–Crippen LogP) is 4.69. The summed E-state index contributed by atoms with van der Waals surface area (Å²) in [5.74, 6) is -0.208. The number of hydrogen-bond acceptors (Lipinski definition) is 4. The van der Waals surface area contributed by atoms with Crippen molar-refractivity contribution < 1.29 is 13.2 Å². The quantitative estimate of drug-likeness (QED) is 0.636. The van der Waals surface area contributed by atoms with E-state index in [2.05, 4.69) is 5.32 Å². The molecule has 0 radical (unpaired) electrons. The highest BCUT2D eigenvalue weighted by Crippen LogP contribution is 2.30. The van der Waals surface area contributed by atoms with Crippen LogP contribution in [0.4, 0.5) is 5.69 Å².